The average Bonchev–Trinajstić information content (AvgIpc) is 3.70. The Balaban J connectivity index is 1.32. The van der Waals surface area contributed by atoms with E-state index in [1.807, 2.05) is 49.3 Å². The third-order valence-electron chi connectivity index (χ3n) is 8.29. The molecule has 2 aliphatic rings. The fourth-order valence-corrected chi connectivity index (χ4v) is 7.22. The van der Waals surface area contributed by atoms with Gasteiger partial charge in [0.05, 0.1) is 18.0 Å². The first kappa shape index (κ1) is 34.1. The number of halogens is 2. The number of morpholine rings is 1. The zero-order valence-corrected chi connectivity index (χ0v) is 27.2. The zero-order valence-electron chi connectivity index (χ0n) is 25.5. The molecule has 1 aromatic heterocycles. The molecular formula is C31H37F2N4O7PS. The third-order valence-corrected chi connectivity index (χ3v) is 10.4. The van der Waals surface area contributed by atoms with E-state index in [-0.39, 0.29) is 34.6 Å². The van der Waals surface area contributed by atoms with Gasteiger partial charge in [0.25, 0.3) is 5.91 Å². The summed E-state index contributed by atoms with van der Waals surface area (Å²) in [5.41, 5.74) is -4.28. The highest BCUT2D eigenvalue weighted by molar-refractivity contribution is 7.52. The van der Waals surface area contributed by atoms with Gasteiger partial charge in [-0.05, 0) is 69.1 Å². The Morgan fingerprint density at radius 1 is 1.13 bits per heavy atom. The first-order chi connectivity index (χ1) is 21.8. The third kappa shape index (κ3) is 7.32. The maximum absolute atomic E-state index is 14.3. The fraction of sp³-hybridized carbons (Fsp3) is 0.452. The largest absolute Gasteiger partial charge is 0.399 e. The lowest BCUT2D eigenvalue weighted by Gasteiger charge is -2.37. The number of benzene rings is 2. The number of thiophene rings is 1. The number of fused-ring (bicyclic) bond motifs is 1. The van der Waals surface area contributed by atoms with Crippen LogP contribution in [0.3, 0.4) is 0 Å². The van der Waals surface area contributed by atoms with Crippen molar-refractivity contribution in [3.63, 3.8) is 0 Å². The second-order valence-corrected chi connectivity index (χ2v) is 14.5. The molecule has 2 saturated heterocycles. The quantitative estimate of drug-likeness (QED) is 0.276. The van der Waals surface area contributed by atoms with Gasteiger partial charge in [-0.3, -0.25) is 18.9 Å². The van der Waals surface area contributed by atoms with Crippen LogP contribution in [-0.2, 0) is 24.6 Å². The molecule has 11 nitrogen and oxygen atoms in total. The van der Waals surface area contributed by atoms with E-state index in [9.17, 15) is 27.7 Å². The Kier molecular flexibility index (Phi) is 10.3. The molecule has 2 aromatic carbocycles. The van der Waals surface area contributed by atoms with E-state index >= 15 is 0 Å². The molecule has 2 fully saturated rings. The fourth-order valence-electron chi connectivity index (χ4n) is 5.80. The van der Waals surface area contributed by atoms with E-state index in [1.165, 1.54) is 12.1 Å². The maximum Gasteiger partial charge on any atom is 0.399 e. The summed E-state index contributed by atoms with van der Waals surface area (Å²) in [5, 5.41) is 3.01. The van der Waals surface area contributed by atoms with Crippen LogP contribution < -0.4 is 5.32 Å². The van der Waals surface area contributed by atoms with Gasteiger partial charge in [-0.2, -0.15) is 8.78 Å². The molecule has 5 rings (SSSR count). The minimum atomic E-state index is -5.76. The van der Waals surface area contributed by atoms with Crippen LogP contribution in [0.4, 0.5) is 8.78 Å². The zero-order chi connectivity index (χ0) is 33.2. The molecule has 2 aliphatic heterocycles. The van der Waals surface area contributed by atoms with Crippen molar-refractivity contribution < 1.29 is 42.3 Å². The molecule has 3 N–H and O–H groups in total. The van der Waals surface area contributed by atoms with Gasteiger partial charge in [0.15, 0.2) is 0 Å². The second-order valence-electron chi connectivity index (χ2n) is 11.8. The molecule has 3 amide bonds. The van der Waals surface area contributed by atoms with Crippen LogP contribution in [-0.4, -0.2) is 101 Å². The number of amides is 3. The van der Waals surface area contributed by atoms with Gasteiger partial charge in [0, 0.05) is 23.4 Å². The lowest BCUT2D eigenvalue weighted by molar-refractivity contribution is -0.149. The molecule has 1 unspecified atom stereocenters. The smallest absolute Gasteiger partial charge is 0.370 e. The van der Waals surface area contributed by atoms with Crippen LogP contribution in [0.1, 0.15) is 46.2 Å². The van der Waals surface area contributed by atoms with Crippen molar-refractivity contribution in [2.45, 2.75) is 43.1 Å². The Hall–Kier alpha value is -3.26. The number of carbonyl (C=O) groups excluding carboxylic acids is 3. The number of rotatable bonds is 10. The van der Waals surface area contributed by atoms with Crippen LogP contribution in [0.15, 0.2) is 54.6 Å². The summed E-state index contributed by atoms with van der Waals surface area (Å²) in [7, 11) is -2.09. The molecule has 3 aromatic rings. The summed E-state index contributed by atoms with van der Waals surface area (Å²) in [6.07, 6.45) is 1.15. The predicted molar refractivity (Wildman–Crippen MR) is 169 cm³/mol. The monoisotopic (exact) mass is 678 g/mol. The number of carbonyl (C=O) groups is 3. The van der Waals surface area contributed by atoms with Crippen LogP contribution in [0.25, 0.3) is 10.1 Å². The number of likely N-dealkylation sites (tertiary alicyclic amines) is 1. The highest BCUT2D eigenvalue weighted by atomic mass is 32.1. The topological polar surface area (TPSA) is 140 Å². The molecule has 0 radical (unpaired) electrons. The molecule has 3 atom stereocenters. The molecule has 0 bridgehead atoms. The first-order valence-corrected chi connectivity index (χ1v) is 17.4. The van der Waals surface area contributed by atoms with Gasteiger partial charge in [-0.25, -0.2) is 0 Å². The normalized spacial score (nSPS) is 19.9. The Morgan fingerprint density at radius 3 is 2.57 bits per heavy atom. The van der Waals surface area contributed by atoms with E-state index in [0.29, 0.717) is 50.3 Å². The Labute approximate surface area is 269 Å². The SMILES string of the molecule is CN(C)CCC(NC(=O)c1cc2cc(C(F)(F)P(=O)(O)O)ccc2s1)C(=O)N1CCC[C@H]1C(=O)N1CCO[C@H](c2ccccc2)C1. The summed E-state index contributed by atoms with van der Waals surface area (Å²) >= 11 is 1.01. The van der Waals surface area contributed by atoms with E-state index in [4.69, 9.17) is 14.5 Å². The molecule has 0 saturated carbocycles. The molecule has 3 heterocycles. The van der Waals surface area contributed by atoms with Crippen molar-refractivity contribution in [2.75, 3.05) is 46.9 Å². The average molecular weight is 679 g/mol. The van der Waals surface area contributed by atoms with Crippen LogP contribution >= 0.6 is 18.9 Å². The van der Waals surface area contributed by atoms with Crippen molar-refractivity contribution in [3.8, 4) is 0 Å². The van der Waals surface area contributed by atoms with Gasteiger partial charge < -0.3 is 34.5 Å². The Morgan fingerprint density at radius 2 is 1.87 bits per heavy atom. The number of ether oxygens (including phenoxy) is 1. The van der Waals surface area contributed by atoms with Gasteiger partial charge in [-0.1, -0.05) is 36.4 Å². The molecule has 248 valence electrons. The molecule has 0 aliphatic carbocycles. The van der Waals surface area contributed by atoms with Crippen molar-refractivity contribution in [1.29, 1.82) is 0 Å². The Bertz CT molecular complexity index is 1630. The highest BCUT2D eigenvalue weighted by Crippen LogP contribution is 2.59. The maximum atomic E-state index is 14.3. The predicted octanol–water partition coefficient (Wildman–Crippen LogP) is 3.77. The van der Waals surface area contributed by atoms with E-state index < -0.39 is 36.8 Å². The number of nitrogens with one attached hydrogen (secondary N) is 1. The van der Waals surface area contributed by atoms with Crippen LogP contribution in [0.2, 0.25) is 0 Å². The minimum absolute atomic E-state index is 0.142. The van der Waals surface area contributed by atoms with Crippen LogP contribution in [0, 0.1) is 0 Å². The summed E-state index contributed by atoms with van der Waals surface area (Å²) in [6.45, 7) is 2.00. The molecule has 0 spiro atoms. The van der Waals surface area contributed by atoms with E-state index in [2.05, 4.69) is 5.32 Å². The standard InChI is InChI=1S/C31H37F2N4O7PS/c1-35(2)14-12-23(34-28(38)27-18-21-17-22(10-11-26(21)46-27)31(32,33)45(41,42)43)29(39)37-13-6-9-24(37)30(40)36-15-16-44-25(19-36)20-7-4-3-5-8-20/h3-5,7-8,10-11,17-18,23-25H,6,9,12-16,19H2,1-2H3,(H,34,38)(H2,41,42,43)/t23?,24-,25-/m0/s1. The van der Waals surface area contributed by atoms with Crippen molar-refractivity contribution in [2.24, 2.45) is 0 Å². The van der Waals surface area contributed by atoms with Gasteiger partial charge in [0.1, 0.15) is 18.2 Å². The molecule has 46 heavy (non-hydrogen) atoms. The van der Waals surface area contributed by atoms with Crippen molar-refractivity contribution in [1.82, 2.24) is 20.0 Å². The molecule has 15 heteroatoms. The summed E-state index contributed by atoms with van der Waals surface area (Å²) in [4.78, 5) is 64.7. The number of alkyl halides is 2. The van der Waals surface area contributed by atoms with Gasteiger partial charge in [0.2, 0.25) is 11.8 Å². The number of hydrogen-bond donors (Lipinski definition) is 3. The van der Waals surface area contributed by atoms with Crippen molar-refractivity contribution in [3.05, 3.63) is 70.6 Å². The van der Waals surface area contributed by atoms with Crippen LogP contribution in [0.5, 0.6) is 0 Å². The molecular weight excluding hydrogens is 641 g/mol. The lowest BCUT2D eigenvalue weighted by atomic mass is 10.1. The van der Waals surface area contributed by atoms with E-state index in [0.717, 1.165) is 29.0 Å². The summed E-state index contributed by atoms with van der Waals surface area (Å²) in [5.74, 6) is -1.12. The summed E-state index contributed by atoms with van der Waals surface area (Å²) in [6, 6.07) is 12.5. The first-order valence-electron chi connectivity index (χ1n) is 14.9. The number of nitrogens with zero attached hydrogens (tertiary/aromatic N) is 3. The number of hydrogen-bond acceptors (Lipinski definition) is 7. The van der Waals surface area contributed by atoms with Gasteiger partial charge in [-0.15, -0.1) is 11.3 Å². The lowest BCUT2D eigenvalue weighted by Crippen LogP contribution is -2.56. The second kappa shape index (κ2) is 13.8. The summed E-state index contributed by atoms with van der Waals surface area (Å²) < 4.78 is 46.3. The highest BCUT2D eigenvalue weighted by Gasteiger charge is 2.50. The van der Waals surface area contributed by atoms with Gasteiger partial charge >= 0.3 is 13.3 Å². The van der Waals surface area contributed by atoms with E-state index in [1.54, 1.807) is 9.80 Å². The van der Waals surface area contributed by atoms with Crippen molar-refractivity contribution >= 4 is 46.7 Å². The minimum Gasteiger partial charge on any atom is -0.370 e.